The molecule has 0 spiro atoms. The smallest absolute Gasteiger partial charge is 0.318 e. The quantitative estimate of drug-likeness (QED) is 0.637. The van der Waals surface area contributed by atoms with E-state index in [0.717, 1.165) is 6.42 Å². The molecule has 0 aromatic carbocycles. The van der Waals surface area contributed by atoms with Crippen molar-refractivity contribution in [1.29, 1.82) is 0 Å². The van der Waals surface area contributed by atoms with Crippen molar-refractivity contribution in [2.45, 2.75) is 19.4 Å². The summed E-state index contributed by atoms with van der Waals surface area (Å²) >= 11 is 0. The largest absolute Gasteiger partial charge is 0.468 e. The lowest BCUT2D eigenvalue weighted by Gasteiger charge is -2.43. The highest BCUT2D eigenvalue weighted by atomic mass is 16.5. The summed E-state index contributed by atoms with van der Waals surface area (Å²) in [6.07, 6.45) is 0.898. The predicted molar refractivity (Wildman–Crippen MR) is 48.4 cm³/mol. The number of nitrogens with one attached hydrogen (secondary N) is 1. The average Bonchev–Trinajstić information content (AvgIpc) is 2.09. The molecule has 1 atom stereocenters. The Morgan fingerprint density at radius 1 is 1.69 bits per heavy atom. The Kier molecular flexibility index (Phi) is 3.27. The highest BCUT2D eigenvalue weighted by Crippen LogP contribution is 2.34. The Balaban J connectivity index is 2.73. The molecular formula is C9H17NO3. The van der Waals surface area contributed by atoms with Crippen LogP contribution >= 0.6 is 0 Å². The molecule has 0 aromatic heterocycles. The van der Waals surface area contributed by atoms with Crippen LogP contribution in [0, 0.1) is 5.41 Å². The Bertz CT molecular complexity index is 185. The Morgan fingerprint density at radius 3 is 2.54 bits per heavy atom. The molecule has 4 heteroatoms. The van der Waals surface area contributed by atoms with Crippen molar-refractivity contribution >= 4 is 5.97 Å². The Hall–Kier alpha value is -0.610. The van der Waals surface area contributed by atoms with E-state index in [9.17, 15) is 4.79 Å². The van der Waals surface area contributed by atoms with Gasteiger partial charge in [0, 0.05) is 6.04 Å². The van der Waals surface area contributed by atoms with Gasteiger partial charge in [-0.15, -0.1) is 0 Å². The van der Waals surface area contributed by atoms with Gasteiger partial charge in [0.05, 0.1) is 20.3 Å². The van der Waals surface area contributed by atoms with E-state index in [-0.39, 0.29) is 12.0 Å². The number of hydrogen-bond donors (Lipinski definition) is 1. The van der Waals surface area contributed by atoms with Gasteiger partial charge in [0.25, 0.3) is 0 Å². The summed E-state index contributed by atoms with van der Waals surface area (Å²) in [5.41, 5.74) is -0.446. The average molecular weight is 187 g/mol. The monoisotopic (exact) mass is 187 g/mol. The number of methoxy groups -OCH3 is 1. The molecule has 0 bridgehead atoms. The van der Waals surface area contributed by atoms with E-state index >= 15 is 0 Å². The molecule has 13 heavy (non-hydrogen) atoms. The van der Waals surface area contributed by atoms with E-state index in [1.807, 2.05) is 14.0 Å². The second-order valence-corrected chi connectivity index (χ2v) is 3.39. The lowest BCUT2D eigenvalue weighted by atomic mass is 9.77. The van der Waals surface area contributed by atoms with Gasteiger partial charge in [-0.25, -0.2) is 0 Å². The summed E-state index contributed by atoms with van der Waals surface area (Å²) in [6.45, 7) is 2.99. The normalized spacial score (nSPS) is 21.8. The fourth-order valence-electron chi connectivity index (χ4n) is 1.86. The van der Waals surface area contributed by atoms with Gasteiger partial charge in [-0.3, -0.25) is 4.79 Å². The van der Waals surface area contributed by atoms with Crippen LogP contribution in [0.1, 0.15) is 13.3 Å². The van der Waals surface area contributed by atoms with Crippen molar-refractivity contribution in [2.24, 2.45) is 5.41 Å². The van der Waals surface area contributed by atoms with Crippen LogP contribution in [0.15, 0.2) is 0 Å². The predicted octanol–water partition coefficient (Wildman–Crippen LogP) is 0.174. The Labute approximate surface area is 78.6 Å². The van der Waals surface area contributed by atoms with E-state index < -0.39 is 5.41 Å². The van der Waals surface area contributed by atoms with E-state index in [0.29, 0.717) is 13.2 Å². The molecule has 1 unspecified atom stereocenters. The third-order valence-electron chi connectivity index (χ3n) is 2.73. The fraction of sp³-hybridized carbons (Fsp3) is 0.889. The van der Waals surface area contributed by atoms with Crippen molar-refractivity contribution in [1.82, 2.24) is 5.32 Å². The molecule has 1 rings (SSSR count). The molecular weight excluding hydrogens is 170 g/mol. The maximum atomic E-state index is 11.5. The van der Waals surface area contributed by atoms with Gasteiger partial charge in [0.15, 0.2) is 0 Å². The third-order valence-corrected chi connectivity index (χ3v) is 2.73. The van der Waals surface area contributed by atoms with E-state index in [2.05, 4.69) is 5.32 Å². The van der Waals surface area contributed by atoms with Crippen LogP contribution in [0.5, 0.6) is 0 Å². The molecule has 1 saturated heterocycles. The van der Waals surface area contributed by atoms with E-state index in [1.54, 1.807) is 0 Å². The van der Waals surface area contributed by atoms with E-state index in [1.165, 1.54) is 7.11 Å². The van der Waals surface area contributed by atoms with Crippen molar-refractivity contribution in [3.63, 3.8) is 0 Å². The van der Waals surface area contributed by atoms with Crippen LogP contribution in [0.25, 0.3) is 0 Å². The van der Waals surface area contributed by atoms with Gasteiger partial charge >= 0.3 is 5.97 Å². The fourth-order valence-corrected chi connectivity index (χ4v) is 1.86. The zero-order valence-electron chi connectivity index (χ0n) is 8.42. The maximum absolute atomic E-state index is 11.5. The minimum absolute atomic E-state index is 0.147. The zero-order chi connectivity index (χ0) is 9.90. The standard InChI is InChI=1S/C9H17NO3/c1-4-7(10-2)9(5-13-6-9)8(11)12-3/h7,10H,4-6H2,1-3H3. The zero-order valence-corrected chi connectivity index (χ0v) is 8.42. The molecule has 1 N–H and O–H groups in total. The van der Waals surface area contributed by atoms with Crippen molar-refractivity contribution in [2.75, 3.05) is 27.4 Å². The molecule has 4 nitrogen and oxygen atoms in total. The van der Waals surface area contributed by atoms with Gasteiger partial charge < -0.3 is 14.8 Å². The number of hydrogen-bond acceptors (Lipinski definition) is 4. The molecule has 1 aliphatic rings. The number of rotatable bonds is 4. The SMILES string of the molecule is CCC(NC)C1(C(=O)OC)COC1. The van der Waals surface area contributed by atoms with Crippen LogP contribution in [0.3, 0.4) is 0 Å². The van der Waals surface area contributed by atoms with Crippen molar-refractivity contribution in [3.05, 3.63) is 0 Å². The third kappa shape index (κ3) is 1.56. The first kappa shape index (κ1) is 10.5. The van der Waals surface area contributed by atoms with Gasteiger partial charge in [-0.1, -0.05) is 6.92 Å². The summed E-state index contributed by atoms with van der Waals surface area (Å²) in [4.78, 5) is 11.5. The molecule has 1 heterocycles. The minimum atomic E-state index is -0.446. The van der Waals surface area contributed by atoms with Gasteiger partial charge in [-0.05, 0) is 13.5 Å². The van der Waals surface area contributed by atoms with Crippen molar-refractivity contribution in [3.8, 4) is 0 Å². The molecule has 0 aromatic rings. The topological polar surface area (TPSA) is 47.6 Å². The summed E-state index contributed by atoms with van der Waals surface area (Å²) in [6, 6.07) is 0.147. The summed E-state index contributed by atoms with van der Waals surface area (Å²) in [7, 11) is 3.28. The lowest BCUT2D eigenvalue weighted by molar-refractivity contribution is -0.189. The molecule has 0 radical (unpaired) electrons. The molecule has 0 saturated carbocycles. The molecule has 1 aliphatic heterocycles. The van der Waals surface area contributed by atoms with Crippen LogP contribution in [0.4, 0.5) is 0 Å². The van der Waals surface area contributed by atoms with Crippen LogP contribution in [-0.2, 0) is 14.3 Å². The highest BCUT2D eigenvalue weighted by molar-refractivity contribution is 5.79. The van der Waals surface area contributed by atoms with Crippen LogP contribution in [0.2, 0.25) is 0 Å². The Morgan fingerprint density at radius 2 is 2.31 bits per heavy atom. The number of esters is 1. The number of ether oxygens (including phenoxy) is 2. The first-order chi connectivity index (χ1) is 6.21. The van der Waals surface area contributed by atoms with Gasteiger partial charge in [0.1, 0.15) is 5.41 Å². The maximum Gasteiger partial charge on any atom is 0.318 e. The molecule has 1 fully saturated rings. The van der Waals surface area contributed by atoms with Gasteiger partial charge in [0.2, 0.25) is 0 Å². The van der Waals surface area contributed by atoms with Crippen molar-refractivity contribution < 1.29 is 14.3 Å². The van der Waals surface area contributed by atoms with E-state index in [4.69, 9.17) is 9.47 Å². The van der Waals surface area contributed by atoms with Crippen LogP contribution < -0.4 is 5.32 Å². The molecule has 76 valence electrons. The summed E-state index contributed by atoms with van der Waals surface area (Å²) in [5, 5.41) is 3.13. The van der Waals surface area contributed by atoms with Crippen LogP contribution in [-0.4, -0.2) is 39.4 Å². The molecule has 0 aliphatic carbocycles. The highest BCUT2D eigenvalue weighted by Gasteiger charge is 2.52. The summed E-state index contributed by atoms with van der Waals surface area (Å²) < 4.78 is 9.89. The second kappa shape index (κ2) is 4.07. The molecule has 0 amide bonds. The first-order valence-electron chi connectivity index (χ1n) is 4.54. The lowest BCUT2D eigenvalue weighted by Crippen LogP contribution is -2.61. The summed E-state index contributed by atoms with van der Waals surface area (Å²) in [5.74, 6) is -0.167. The first-order valence-corrected chi connectivity index (χ1v) is 4.54. The minimum Gasteiger partial charge on any atom is -0.468 e. The number of carbonyl (C=O) groups excluding carboxylic acids is 1. The number of carbonyl (C=O) groups is 1. The second-order valence-electron chi connectivity index (χ2n) is 3.39. The van der Waals surface area contributed by atoms with Gasteiger partial charge in [-0.2, -0.15) is 0 Å².